The van der Waals surface area contributed by atoms with Gasteiger partial charge in [0.25, 0.3) is 5.69 Å². The predicted octanol–water partition coefficient (Wildman–Crippen LogP) is 0.659. The number of benzene rings is 1. The molecule has 20 heavy (non-hydrogen) atoms. The number of nitro benzene ring substituents is 1. The second kappa shape index (κ2) is 7.44. The molecule has 0 aliphatic carbocycles. The molecule has 0 radical (unpaired) electrons. The van der Waals surface area contributed by atoms with E-state index in [1.54, 1.807) is 6.07 Å². The number of non-ortho nitro benzene ring substituents is 1. The molecule has 0 aromatic heterocycles. The van der Waals surface area contributed by atoms with Crippen molar-refractivity contribution in [1.82, 2.24) is 0 Å². The number of nitro groups is 1. The van der Waals surface area contributed by atoms with Crippen molar-refractivity contribution in [1.29, 1.82) is 0 Å². The van der Waals surface area contributed by atoms with Crippen molar-refractivity contribution in [3.63, 3.8) is 0 Å². The van der Waals surface area contributed by atoms with Crippen molar-refractivity contribution in [2.75, 3.05) is 32.7 Å². The molecule has 0 spiro atoms. The Hall–Kier alpha value is -1.35. The number of thioether (sulfide) groups is 1. The zero-order valence-electron chi connectivity index (χ0n) is 11.0. The van der Waals surface area contributed by atoms with Crippen LogP contribution in [0.15, 0.2) is 23.1 Å². The standard InChI is InChI=1S/C12H17NO6S/c1-19-10-4-9(13(17)18)2-3-11(10)20-8-12(5-14,6-15)7-16/h2-4,14-16H,5-8H2,1H3. The second-order valence-electron chi connectivity index (χ2n) is 4.36. The van der Waals surface area contributed by atoms with Crippen molar-refractivity contribution in [2.45, 2.75) is 4.90 Å². The lowest BCUT2D eigenvalue weighted by atomic mass is 9.94. The lowest BCUT2D eigenvalue weighted by molar-refractivity contribution is -0.385. The molecule has 0 amide bonds. The van der Waals surface area contributed by atoms with E-state index in [0.717, 1.165) is 0 Å². The third-order valence-corrected chi connectivity index (χ3v) is 4.30. The smallest absolute Gasteiger partial charge is 0.273 e. The highest BCUT2D eigenvalue weighted by Crippen LogP contribution is 2.35. The zero-order chi connectivity index (χ0) is 15.2. The molecule has 0 unspecified atom stereocenters. The highest BCUT2D eigenvalue weighted by molar-refractivity contribution is 7.99. The van der Waals surface area contributed by atoms with E-state index in [0.29, 0.717) is 10.6 Å². The maximum Gasteiger partial charge on any atom is 0.273 e. The predicted molar refractivity (Wildman–Crippen MR) is 74.1 cm³/mol. The number of hydrogen-bond donors (Lipinski definition) is 3. The number of methoxy groups -OCH3 is 1. The topological polar surface area (TPSA) is 113 Å². The van der Waals surface area contributed by atoms with Crippen LogP contribution >= 0.6 is 11.8 Å². The van der Waals surface area contributed by atoms with Crippen LogP contribution in [0.25, 0.3) is 0 Å². The second-order valence-corrected chi connectivity index (χ2v) is 5.37. The molecule has 112 valence electrons. The summed E-state index contributed by atoms with van der Waals surface area (Å²) in [4.78, 5) is 10.8. The van der Waals surface area contributed by atoms with Gasteiger partial charge in [-0.1, -0.05) is 0 Å². The number of nitrogens with zero attached hydrogens (tertiary/aromatic N) is 1. The van der Waals surface area contributed by atoms with Crippen LogP contribution in [-0.4, -0.2) is 52.9 Å². The average molecular weight is 303 g/mol. The van der Waals surface area contributed by atoms with Crippen LogP contribution in [0.5, 0.6) is 5.75 Å². The Morgan fingerprint density at radius 1 is 1.30 bits per heavy atom. The Kier molecular flexibility index (Phi) is 6.21. The van der Waals surface area contributed by atoms with E-state index in [9.17, 15) is 25.4 Å². The van der Waals surface area contributed by atoms with Crippen LogP contribution in [-0.2, 0) is 0 Å². The van der Waals surface area contributed by atoms with E-state index < -0.39 is 10.3 Å². The Labute approximate surface area is 120 Å². The van der Waals surface area contributed by atoms with Gasteiger partial charge in [-0.25, -0.2) is 0 Å². The van der Waals surface area contributed by atoms with Crippen molar-refractivity contribution in [3.8, 4) is 5.75 Å². The molecule has 0 atom stereocenters. The van der Waals surface area contributed by atoms with Gasteiger partial charge in [-0.15, -0.1) is 11.8 Å². The largest absolute Gasteiger partial charge is 0.495 e. The molecular weight excluding hydrogens is 286 g/mol. The number of hydrogen-bond acceptors (Lipinski definition) is 7. The monoisotopic (exact) mass is 303 g/mol. The maximum absolute atomic E-state index is 10.7. The maximum atomic E-state index is 10.7. The fourth-order valence-corrected chi connectivity index (χ4v) is 2.59. The minimum absolute atomic E-state index is 0.0797. The third-order valence-electron chi connectivity index (χ3n) is 2.90. The molecule has 0 heterocycles. The zero-order valence-corrected chi connectivity index (χ0v) is 11.8. The fraction of sp³-hybridized carbons (Fsp3) is 0.500. The molecule has 0 saturated heterocycles. The average Bonchev–Trinajstić information content (AvgIpc) is 2.49. The van der Waals surface area contributed by atoms with Crippen molar-refractivity contribution in [3.05, 3.63) is 28.3 Å². The Morgan fingerprint density at radius 2 is 1.90 bits per heavy atom. The van der Waals surface area contributed by atoms with Crippen LogP contribution in [0.2, 0.25) is 0 Å². The van der Waals surface area contributed by atoms with Crippen LogP contribution in [0.3, 0.4) is 0 Å². The number of rotatable bonds is 8. The first kappa shape index (κ1) is 16.7. The van der Waals surface area contributed by atoms with Gasteiger partial charge in [0.1, 0.15) is 5.75 Å². The Morgan fingerprint density at radius 3 is 2.35 bits per heavy atom. The lowest BCUT2D eigenvalue weighted by Gasteiger charge is -2.26. The van der Waals surface area contributed by atoms with Gasteiger partial charge in [0, 0.05) is 22.1 Å². The minimum Gasteiger partial charge on any atom is -0.495 e. The molecule has 0 aliphatic heterocycles. The van der Waals surface area contributed by atoms with E-state index >= 15 is 0 Å². The number of aliphatic hydroxyl groups is 3. The molecule has 0 saturated carbocycles. The molecule has 8 heteroatoms. The Bertz CT molecular complexity index is 455. The number of ether oxygens (including phenoxy) is 1. The summed E-state index contributed by atoms with van der Waals surface area (Å²) < 4.78 is 5.09. The van der Waals surface area contributed by atoms with Gasteiger partial charge >= 0.3 is 0 Å². The van der Waals surface area contributed by atoms with Crippen molar-refractivity contribution in [2.24, 2.45) is 5.41 Å². The van der Waals surface area contributed by atoms with Crippen LogP contribution in [0.1, 0.15) is 0 Å². The van der Waals surface area contributed by atoms with Gasteiger partial charge in [0.05, 0.1) is 37.9 Å². The summed E-state index contributed by atoms with van der Waals surface area (Å²) in [5, 5.41) is 38.4. The van der Waals surface area contributed by atoms with Crippen molar-refractivity contribution < 1.29 is 25.0 Å². The van der Waals surface area contributed by atoms with E-state index in [1.165, 1.54) is 31.0 Å². The quantitative estimate of drug-likeness (QED) is 0.367. The van der Waals surface area contributed by atoms with Crippen molar-refractivity contribution >= 4 is 17.4 Å². The van der Waals surface area contributed by atoms with Gasteiger partial charge in [0.2, 0.25) is 0 Å². The fourth-order valence-electron chi connectivity index (χ4n) is 1.41. The molecule has 0 aliphatic rings. The summed E-state index contributed by atoms with van der Waals surface area (Å²) in [6.07, 6.45) is 0. The SMILES string of the molecule is COc1cc([N+](=O)[O-])ccc1SCC(CO)(CO)CO. The molecule has 1 aromatic carbocycles. The summed E-state index contributed by atoms with van der Waals surface area (Å²) in [6.45, 7) is -1.08. The van der Waals surface area contributed by atoms with E-state index in [2.05, 4.69) is 0 Å². The molecule has 3 N–H and O–H groups in total. The van der Waals surface area contributed by atoms with Gasteiger partial charge < -0.3 is 20.1 Å². The lowest BCUT2D eigenvalue weighted by Crippen LogP contribution is -2.36. The van der Waals surface area contributed by atoms with E-state index in [4.69, 9.17) is 4.74 Å². The van der Waals surface area contributed by atoms with Crippen LogP contribution in [0, 0.1) is 15.5 Å². The molecule has 0 fully saturated rings. The van der Waals surface area contributed by atoms with Gasteiger partial charge in [-0.2, -0.15) is 0 Å². The summed E-state index contributed by atoms with van der Waals surface area (Å²) in [6, 6.07) is 4.20. The summed E-state index contributed by atoms with van der Waals surface area (Å²) in [7, 11) is 1.40. The molecule has 7 nitrogen and oxygen atoms in total. The molecule has 1 rings (SSSR count). The minimum atomic E-state index is -1.00. The third kappa shape index (κ3) is 3.83. The first-order valence-electron chi connectivity index (χ1n) is 5.79. The van der Waals surface area contributed by atoms with E-state index in [1.807, 2.05) is 0 Å². The Balaban J connectivity index is 2.90. The van der Waals surface area contributed by atoms with Gasteiger partial charge in [-0.3, -0.25) is 10.1 Å². The van der Waals surface area contributed by atoms with Gasteiger partial charge in [-0.05, 0) is 6.07 Å². The highest BCUT2D eigenvalue weighted by Gasteiger charge is 2.28. The first-order chi connectivity index (χ1) is 9.51. The molecule has 0 bridgehead atoms. The van der Waals surface area contributed by atoms with Crippen LogP contribution < -0.4 is 4.74 Å². The normalized spacial score (nSPS) is 11.4. The number of aliphatic hydroxyl groups excluding tert-OH is 3. The van der Waals surface area contributed by atoms with E-state index in [-0.39, 0.29) is 31.3 Å². The summed E-state index contributed by atoms with van der Waals surface area (Å²) in [5.41, 5.74) is -1.08. The summed E-state index contributed by atoms with van der Waals surface area (Å²) >= 11 is 1.25. The van der Waals surface area contributed by atoms with Crippen LogP contribution in [0.4, 0.5) is 5.69 Å². The molecule has 1 aromatic rings. The summed E-state index contributed by atoms with van der Waals surface area (Å²) in [5.74, 6) is 0.594. The first-order valence-corrected chi connectivity index (χ1v) is 6.78. The highest BCUT2D eigenvalue weighted by atomic mass is 32.2. The van der Waals surface area contributed by atoms with Gasteiger partial charge in [0.15, 0.2) is 0 Å². The molecular formula is C12H17NO6S.